The van der Waals surface area contributed by atoms with E-state index < -0.39 is 0 Å². The van der Waals surface area contributed by atoms with E-state index in [9.17, 15) is 0 Å². The molecule has 1 heteroatoms. The molecule has 0 fully saturated rings. The third kappa shape index (κ3) is 5.71. The molecule has 0 bridgehead atoms. The Labute approximate surface area is 69.8 Å². The Morgan fingerprint density at radius 1 is 1.18 bits per heavy atom. The van der Waals surface area contributed by atoms with Gasteiger partial charge in [-0.05, 0) is 33.3 Å². The molecule has 11 heavy (non-hydrogen) atoms. The first-order valence-corrected chi connectivity index (χ1v) is 4.17. The van der Waals surface area contributed by atoms with Crippen molar-refractivity contribution in [1.29, 1.82) is 0 Å². The van der Waals surface area contributed by atoms with Crippen LogP contribution in [0.15, 0.2) is 23.5 Å². The zero-order chi connectivity index (χ0) is 8.69. The minimum atomic E-state index is 0.751. The van der Waals surface area contributed by atoms with Gasteiger partial charge in [0.25, 0.3) is 0 Å². The van der Waals surface area contributed by atoms with Crippen LogP contribution in [-0.2, 0) is 4.74 Å². The lowest BCUT2D eigenvalue weighted by atomic mass is 10.2. The highest BCUT2D eigenvalue weighted by atomic mass is 16.5. The van der Waals surface area contributed by atoms with E-state index in [0.29, 0.717) is 0 Å². The van der Waals surface area contributed by atoms with Crippen LogP contribution in [0.5, 0.6) is 0 Å². The molecule has 0 spiro atoms. The summed E-state index contributed by atoms with van der Waals surface area (Å²) in [5.41, 5.74) is 1.38. The molecule has 0 saturated heterocycles. The first kappa shape index (κ1) is 10.3. The molecular weight excluding hydrogens is 136 g/mol. The largest absolute Gasteiger partial charge is 0.499 e. The Balaban J connectivity index is 3.89. The third-order valence-electron chi connectivity index (χ3n) is 1.53. The number of allylic oxidation sites excluding steroid dienone is 4. The van der Waals surface area contributed by atoms with Crippen molar-refractivity contribution in [2.24, 2.45) is 0 Å². The Hall–Kier alpha value is -0.720. The summed E-state index contributed by atoms with van der Waals surface area (Å²) in [6, 6.07) is 0. The van der Waals surface area contributed by atoms with Crippen molar-refractivity contribution >= 4 is 0 Å². The molecule has 0 aliphatic heterocycles. The Morgan fingerprint density at radius 3 is 2.27 bits per heavy atom. The van der Waals surface area contributed by atoms with Gasteiger partial charge in [0.05, 0.1) is 12.4 Å². The van der Waals surface area contributed by atoms with Crippen LogP contribution in [0.3, 0.4) is 0 Å². The predicted octanol–water partition coefficient (Wildman–Crippen LogP) is 3.28. The topological polar surface area (TPSA) is 9.23 Å². The van der Waals surface area contributed by atoms with Gasteiger partial charge in [-0.2, -0.15) is 0 Å². The van der Waals surface area contributed by atoms with E-state index in [2.05, 4.69) is 19.9 Å². The Bertz CT molecular complexity index is 154. The Morgan fingerprint density at radius 2 is 1.82 bits per heavy atom. The van der Waals surface area contributed by atoms with Crippen molar-refractivity contribution in [3.05, 3.63) is 23.5 Å². The normalized spacial score (nSPS) is 13.5. The lowest BCUT2D eigenvalue weighted by Crippen LogP contribution is -1.85. The zero-order valence-corrected chi connectivity index (χ0v) is 7.98. The molecule has 0 atom stereocenters. The fourth-order valence-corrected chi connectivity index (χ4v) is 0.653. The van der Waals surface area contributed by atoms with Crippen molar-refractivity contribution < 1.29 is 4.74 Å². The molecule has 0 rings (SSSR count). The Kier molecular flexibility index (Phi) is 5.63. The van der Waals surface area contributed by atoms with Gasteiger partial charge in [-0.3, -0.25) is 0 Å². The molecule has 0 unspecified atom stereocenters. The van der Waals surface area contributed by atoms with E-state index >= 15 is 0 Å². The van der Waals surface area contributed by atoms with E-state index in [4.69, 9.17) is 4.74 Å². The average Bonchev–Trinajstić information content (AvgIpc) is 2.01. The zero-order valence-electron chi connectivity index (χ0n) is 7.98. The summed E-state index contributed by atoms with van der Waals surface area (Å²) < 4.78 is 5.25. The number of ether oxygens (including phenoxy) is 1. The van der Waals surface area contributed by atoms with Crippen LogP contribution >= 0.6 is 0 Å². The minimum absolute atomic E-state index is 0.751. The van der Waals surface area contributed by atoms with Crippen molar-refractivity contribution in [2.45, 2.75) is 34.1 Å². The van der Waals surface area contributed by atoms with Crippen molar-refractivity contribution in [2.75, 3.05) is 6.61 Å². The second kappa shape index (κ2) is 6.02. The first-order valence-electron chi connectivity index (χ1n) is 4.17. The molecule has 0 aromatic rings. The fraction of sp³-hybridized carbons (Fsp3) is 0.600. The van der Waals surface area contributed by atoms with Crippen LogP contribution in [0.1, 0.15) is 34.1 Å². The van der Waals surface area contributed by atoms with Crippen LogP contribution in [0.4, 0.5) is 0 Å². The maximum Gasteiger partial charge on any atom is 0.0928 e. The monoisotopic (exact) mass is 154 g/mol. The lowest BCUT2D eigenvalue weighted by molar-refractivity contribution is 0.231. The maximum atomic E-state index is 5.25. The van der Waals surface area contributed by atoms with Gasteiger partial charge in [0, 0.05) is 0 Å². The van der Waals surface area contributed by atoms with Gasteiger partial charge in [-0.1, -0.05) is 18.6 Å². The highest BCUT2D eigenvalue weighted by Crippen LogP contribution is 2.01. The summed E-state index contributed by atoms with van der Waals surface area (Å²) >= 11 is 0. The third-order valence-corrected chi connectivity index (χ3v) is 1.53. The van der Waals surface area contributed by atoms with Crippen molar-refractivity contribution in [3.63, 3.8) is 0 Å². The summed E-state index contributed by atoms with van der Waals surface area (Å²) in [7, 11) is 0. The van der Waals surface area contributed by atoms with E-state index in [1.807, 2.05) is 19.9 Å². The lowest BCUT2D eigenvalue weighted by Gasteiger charge is -2.00. The van der Waals surface area contributed by atoms with Crippen LogP contribution in [0, 0.1) is 0 Å². The fourth-order valence-electron chi connectivity index (χ4n) is 0.653. The highest BCUT2D eigenvalue weighted by molar-refractivity contribution is 5.11. The van der Waals surface area contributed by atoms with Crippen molar-refractivity contribution in [1.82, 2.24) is 0 Å². The molecule has 0 aliphatic rings. The molecule has 0 aliphatic carbocycles. The summed E-state index contributed by atoms with van der Waals surface area (Å²) in [4.78, 5) is 0. The molecule has 0 N–H and O–H groups in total. The van der Waals surface area contributed by atoms with Gasteiger partial charge in [-0.15, -0.1) is 0 Å². The maximum absolute atomic E-state index is 5.25. The average molecular weight is 154 g/mol. The number of hydrogen-bond acceptors (Lipinski definition) is 1. The molecule has 0 amide bonds. The molecule has 1 nitrogen and oxygen atoms in total. The van der Waals surface area contributed by atoms with Crippen LogP contribution in [0.2, 0.25) is 0 Å². The summed E-state index contributed by atoms with van der Waals surface area (Å²) in [5, 5.41) is 0. The van der Waals surface area contributed by atoms with Crippen molar-refractivity contribution in [3.8, 4) is 0 Å². The van der Waals surface area contributed by atoms with E-state index in [0.717, 1.165) is 18.8 Å². The standard InChI is InChI=1S/C10H18O/c1-5-9(3)7-8-10(4)11-6-2/h7-8H,5-6H2,1-4H3/b9-7-,10-8+. The van der Waals surface area contributed by atoms with Crippen LogP contribution in [-0.4, -0.2) is 6.61 Å². The summed E-state index contributed by atoms with van der Waals surface area (Å²) in [6.45, 7) is 8.99. The predicted molar refractivity (Wildman–Crippen MR) is 49.4 cm³/mol. The first-order chi connectivity index (χ1) is 5.20. The molecule has 0 radical (unpaired) electrons. The second-order valence-electron chi connectivity index (χ2n) is 2.58. The van der Waals surface area contributed by atoms with Gasteiger partial charge in [0.1, 0.15) is 0 Å². The number of rotatable bonds is 4. The van der Waals surface area contributed by atoms with E-state index in [1.54, 1.807) is 0 Å². The SMILES string of the molecule is CCO/C(C)=C/C=C(/C)CC. The van der Waals surface area contributed by atoms with Gasteiger partial charge in [0.15, 0.2) is 0 Å². The molecule has 0 aromatic carbocycles. The molecule has 0 saturated carbocycles. The van der Waals surface area contributed by atoms with Gasteiger partial charge < -0.3 is 4.74 Å². The van der Waals surface area contributed by atoms with Gasteiger partial charge >= 0.3 is 0 Å². The minimum Gasteiger partial charge on any atom is -0.499 e. The summed E-state index contributed by atoms with van der Waals surface area (Å²) in [5.74, 6) is 0.986. The van der Waals surface area contributed by atoms with Gasteiger partial charge in [-0.25, -0.2) is 0 Å². The highest BCUT2D eigenvalue weighted by Gasteiger charge is 1.84. The molecule has 0 aromatic heterocycles. The quantitative estimate of drug-likeness (QED) is 0.446. The van der Waals surface area contributed by atoms with Crippen LogP contribution < -0.4 is 0 Å². The molecule has 64 valence electrons. The number of hydrogen-bond donors (Lipinski definition) is 0. The van der Waals surface area contributed by atoms with Gasteiger partial charge in [0.2, 0.25) is 0 Å². The van der Waals surface area contributed by atoms with E-state index in [1.165, 1.54) is 5.57 Å². The van der Waals surface area contributed by atoms with Crippen LogP contribution in [0.25, 0.3) is 0 Å². The molecule has 0 heterocycles. The second-order valence-corrected chi connectivity index (χ2v) is 2.58. The molecular formula is C10H18O. The summed E-state index contributed by atoms with van der Waals surface area (Å²) in [6.07, 6.45) is 5.23. The smallest absolute Gasteiger partial charge is 0.0928 e. The van der Waals surface area contributed by atoms with E-state index in [-0.39, 0.29) is 0 Å².